The van der Waals surface area contributed by atoms with Crippen molar-refractivity contribution in [3.63, 3.8) is 0 Å². The molecule has 1 heterocycles. The van der Waals surface area contributed by atoms with E-state index in [9.17, 15) is 8.42 Å². The molecule has 84 valence electrons. The van der Waals surface area contributed by atoms with Gasteiger partial charge in [0.2, 0.25) is 10.0 Å². The van der Waals surface area contributed by atoms with E-state index in [1.807, 2.05) is 6.92 Å². The normalized spacial score (nSPS) is 26.9. The Morgan fingerprint density at radius 1 is 1.36 bits per heavy atom. The number of aliphatic hydroxyl groups is 1. The molecule has 0 bridgehead atoms. The predicted molar refractivity (Wildman–Crippen MR) is 55.5 cm³/mol. The monoisotopic (exact) mass is 221 g/mol. The molecule has 0 spiro atoms. The fraction of sp³-hybridized carbons (Fsp3) is 1.00. The number of nitrogens with zero attached hydrogens (tertiary/aromatic N) is 1. The summed E-state index contributed by atoms with van der Waals surface area (Å²) in [4.78, 5) is 0. The molecule has 4 nitrogen and oxygen atoms in total. The third-order valence-corrected chi connectivity index (χ3v) is 4.58. The second kappa shape index (κ2) is 5.09. The summed E-state index contributed by atoms with van der Waals surface area (Å²) < 4.78 is 24.6. The molecule has 0 aromatic carbocycles. The lowest BCUT2D eigenvalue weighted by Gasteiger charge is -2.13. The summed E-state index contributed by atoms with van der Waals surface area (Å²) in [6, 6.07) is 0. The van der Waals surface area contributed by atoms with Gasteiger partial charge in [-0.05, 0) is 25.2 Å². The number of hydrogen-bond donors (Lipinski definition) is 1. The zero-order chi connectivity index (χ0) is 10.6. The highest BCUT2D eigenvalue weighted by Crippen LogP contribution is 2.19. The van der Waals surface area contributed by atoms with Gasteiger partial charge in [0.1, 0.15) is 0 Å². The van der Waals surface area contributed by atoms with Crippen molar-refractivity contribution in [2.45, 2.75) is 26.2 Å². The van der Waals surface area contributed by atoms with Crippen LogP contribution in [0, 0.1) is 5.92 Å². The zero-order valence-corrected chi connectivity index (χ0v) is 9.46. The molecule has 1 aliphatic heterocycles. The molecule has 0 amide bonds. The summed E-state index contributed by atoms with van der Waals surface area (Å²) in [6.45, 7) is 3.45. The maximum Gasteiger partial charge on any atom is 0.214 e. The SMILES string of the molecule is CC1CN(CCCCCO)S(=O)(=O)C1. The summed E-state index contributed by atoms with van der Waals surface area (Å²) in [5, 5.41) is 8.57. The molecule has 5 heteroatoms. The highest BCUT2D eigenvalue weighted by Gasteiger charge is 2.32. The molecule has 1 unspecified atom stereocenters. The van der Waals surface area contributed by atoms with Crippen molar-refractivity contribution < 1.29 is 13.5 Å². The van der Waals surface area contributed by atoms with Crippen LogP contribution in [0.5, 0.6) is 0 Å². The summed E-state index contributed by atoms with van der Waals surface area (Å²) in [7, 11) is -2.95. The summed E-state index contributed by atoms with van der Waals surface area (Å²) >= 11 is 0. The van der Waals surface area contributed by atoms with Crippen LogP contribution < -0.4 is 0 Å². The minimum absolute atomic E-state index is 0.198. The second-order valence-corrected chi connectivity index (χ2v) is 6.04. The van der Waals surface area contributed by atoms with Crippen LogP contribution in [0.15, 0.2) is 0 Å². The maximum absolute atomic E-state index is 11.5. The van der Waals surface area contributed by atoms with Crippen molar-refractivity contribution in [2.75, 3.05) is 25.4 Å². The Morgan fingerprint density at radius 3 is 2.57 bits per heavy atom. The molecular weight excluding hydrogens is 202 g/mol. The Hall–Kier alpha value is -0.130. The zero-order valence-electron chi connectivity index (χ0n) is 8.65. The topological polar surface area (TPSA) is 57.6 Å². The van der Waals surface area contributed by atoms with Crippen molar-refractivity contribution in [3.05, 3.63) is 0 Å². The van der Waals surface area contributed by atoms with Crippen LogP contribution in [0.25, 0.3) is 0 Å². The summed E-state index contributed by atoms with van der Waals surface area (Å²) in [6.07, 6.45) is 2.52. The number of rotatable bonds is 5. The average Bonchev–Trinajstić information content (AvgIpc) is 2.33. The molecule has 0 aromatic rings. The van der Waals surface area contributed by atoms with Crippen LogP contribution in [0.4, 0.5) is 0 Å². The fourth-order valence-electron chi connectivity index (χ4n) is 1.79. The van der Waals surface area contributed by atoms with Crippen LogP contribution in [0.2, 0.25) is 0 Å². The van der Waals surface area contributed by atoms with Crippen LogP contribution >= 0.6 is 0 Å². The van der Waals surface area contributed by atoms with Gasteiger partial charge in [-0.1, -0.05) is 6.92 Å². The Labute approximate surface area is 86.0 Å². The van der Waals surface area contributed by atoms with Crippen molar-refractivity contribution in [1.82, 2.24) is 4.31 Å². The first-order valence-corrected chi connectivity index (χ1v) is 6.76. The van der Waals surface area contributed by atoms with Crippen LogP contribution in [-0.2, 0) is 10.0 Å². The molecule has 0 saturated carbocycles. The van der Waals surface area contributed by atoms with Crippen molar-refractivity contribution in [3.8, 4) is 0 Å². The molecule has 1 atom stereocenters. The molecule has 1 aliphatic rings. The molecule has 1 saturated heterocycles. The average molecular weight is 221 g/mol. The lowest BCUT2D eigenvalue weighted by molar-refractivity contribution is 0.280. The van der Waals surface area contributed by atoms with Gasteiger partial charge in [-0.15, -0.1) is 0 Å². The molecule has 1 N–H and O–H groups in total. The highest BCUT2D eigenvalue weighted by atomic mass is 32.2. The molecular formula is C9H19NO3S. The van der Waals surface area contributed by atoms with E-state index >= 15 is 0 Å². The van der Waals surface area contributed by atoms with E-state index in [0.717, 1.165) is 19.3 Å². The van der Waals surface area contributed by atoms with E-state index in [2.05, 4.69) is 0 Å². The van der Waals surface area contributed by atoms with Gasteiger partial charge in [-0.2, -0.15) is 0 Å². The lowest BCUT2D eigenvalue weighted by Crippen LogP contribution is -2.26. The second-order valence-electron chi connectivity index (χ2n) is 4.03. The third kappa shape index (κ3) is 3.22. The lowest BCUT2D eigenvalue weighted by atomic mass is 10.2. The fourth-order valence-corrected chi connectivity index (χ4v) is 3.71. The van der Waals surface area contributed by atoms with E-state index in [1.165, 1.54) is 0 Å². The van der Waals surface area contributed by atoms with Crippen molar-refractivity contribution in [2.24, 2.45) is 5.92 Å². The summed E-state index contributed by atoms with van der Waals surface area (Å²) in [5.41, 5.74) is 0. The first-order valence-electron chi connectivity index (χ1n) is 5.15. The Balaban J connectivity index is 2.31. The van der Waals surface area contributed by atoms with Crippen LogP contribution in [-0.4, -0.2) is 43.3 Å². The third-order valence-electron chi connectivity index (χ3n) is 2.47. The quantitative estimate of drug-likeness (QED) is 0.685. The first-order chi connectivity index (χ1) is 6.56. The number of hydrogen-bond acceptors (Lipinski definition) is 3. The van der Waals surface area contributed by atoms with Gasteiger partial charge >= 0.3 is 0 Å². The van der Waals surface area contributed by atoms with Gasteiger partial charge < -0.3 is 5.11 Å². The van der Waals surface area contributed by atoms with Gasteiger partial charge in [-0.25, -0.2) is 12.7 Å². The maximum atomic E-state index is 11.5. The van der Waals surface area contributed by atoms with E-state index in [-0.39, 0.29) is 12.5 Å². The molecule has 0 radical (unpaired) electrons. The number of sulfonamides is 1. The molecule has 1 fully saturated rings. The van der Waals surface area contributed by atoms with E-state index < -0.39 is 10.0 Å². The van der Waals surface area contributed by atoms with E-state index in [4.69, 9.17) is 5.11 Å². The van der Waals surface area contributed by atoms with E-state index in [0.29, 0.717) is 18.8 Å². The van der Waals surface area contributed by atoms with Crippen molar-refractivity contribution in [1.29, 1.82) is 0 Å². The molecule has 1 rings (SSSR count). The minimum Gasteiger partial charge on any atom is -0.396 e. The Bertz CT molecular complexity index is 263. The van der Waals surface area contributed by atoms with Gasteiger partial charge in [0.05, 0.1) is 5.75 Å². The van der Waals surface area contributed by atoms with Gasteiger partial charge in [0.15, 0.2) is 0 Å². The van der Waals surface area contributed by atoms with Crippen molar-refractivity contribution >= 4 is 10.0 Å². The number of aliphatic hydroxyl groups excluding tert-OH is 1. The standard InChI is InChI=1S/C9H19NO3S/c1-9-7-10(14(12,13)8-9)5-3-2-4-6-11/h9,11H,2-8H2,1H3. The first kappa shape index (κ1) is 11.9. The Kier molecular flexibility index (Phi) is 4.34. The summed E-state index contributed by atoms with van der Waals surface area (Å²) in [5.74, 6) is 0.561. The Morgan fingerprint density at radius 2 is 2.07 bits per heavy atom. The van der Waals surface area contributed by atoms with Gasteiger partial charge in [0.25, 0.3) is 0 Å². The molecule has 0 aliphatic carbocycles. The smallest absolute Gasteiger partial charge is 0.214 e. The van der Waals surface area contributed by atoms with Crippen LogP contribution in [0.1, 0.15) is 26.2 Å². The van der Waals surface area contributed by atoms with Crippen LogP contribution in [0.3, 0.4) is 0 Å². The highest BCUT2D eigenvalue weighted by molar-refractivity contribution is 7.89. The predicted octanol–water partition coefficient (Wildman–Crippen LogP) is 0.430. The molecule has 14 heavy (non-hydrogen) atoms. The molecule has 0 aromatic heterocycles. The minimum atomic E-state index is -2.95. The van der Waals surface area contributed by atoms with E-state index in [1.54, 1.807) is 4.31 Å². The van der Waals surface area contributed by atoms with Gasteiger partial charge in [0, 0.05) is 19.7 Å². The largest absolute Gasteiger partial charge is 0.396 e. The van der Waals surface area contributed by atoms with Gasteiger partial charge in [-0.3, -0.25) is 0 Å². The number of unbranched alkanes of at least 4 members (excludes halogenated alkanes) is 2.